The van der Waals surface area contributed by atoms with Gasteiger partial charge in [0.25, 0.3) is 0 Å². The second kappa shape index (κ2) is 9.28. The number of ether oxygens (including phenoxy) is 1. The Balaban J connectivity index is 1.77. The van der Waals surface area contributed by atoms with E-state index in [1.807, 2.05) is 42.5 Å². The molecule has 23 heavy (non-hydrogen) atoms. The first-order valence-corrected chi connectivity index (χ1v) is 8.65. The minimum atomic E-state index is -0.0799. The van der Waals surface area contributed by atoms with Crippen molar-refractivity contribution in [2.24, 2.45) is 0 Å². The van der Waals surface area contributed by atoms with E-state index in [-0.39, 0.29) is 5.91 Å². The summed E-state index contributed by atoms with van der Waals surface area (Å²) in [6.45, 7) is 0. The smallest absolute Gasteiger partial charge is 0.234 e. The number of halogens is 1. The molecule has 0 heterocycles. The first kappa shape index (κ1) is 17.4. The summed E-state index contributed by atoms with van der Waals surface area (Å²) in [4.78, 5) is 12.0. The van der Waals surface area contributed by atoms with Crippen LogP contribution in [-0.4, -0.2) is 24.5 Å². The Kier molecular flexibility index (Phi) is 7.04. The number of thioether (sulfide) groups is 1. The van der Waals surface area contributed by atoms with E-state index in [0.717, 1.165) is 11.3 Å². The van der Waals surface area contributed by atoms with Crippen LogP contribution in [0.25, 0.3) is 6.08 Å². The van der Waals surface area contributed by atoms with Gasteiger partial charge in [0.1, 0.15) is 5.75 Å². The van der Waals surface area contributed by atoms with Crippen LogP contribution in [-0.2, 0) is 4.79 Å². The Bertz CT molecular complexity index is 674. The largest absolute Gasteiger partial charge is 0.495 e. The molecule has 0 atom stereocenters. The molecule has 2 aromatic carbocycles. The zero-order valence-corrected chi connectivity index (χ0v) is 14.4. The fraction of sp³-hybridized carbons (Fsp3) is 0.167. The molecule has 2 aromatic rings. The summed E-state index contributed by atoms with van der Waals surface area (Å²) in [5.41, 5.74) is 1.74. The lowest BCUT2D eigenvalue weighted by Crippen LogP contribution is -2.14. The van der Waals surface area contributed by atoms with Crippen molar-refractivity contribution in [1.29, 1.82) is 0 Å². The van der Waals surface area contributed by atoms with Crippen LogP contribution in [0, 0.1) is 0 Å². The van der Waals surface area contributed by atoms with Crippen LogP contribution in [0.2, 0.25) is 5.02 Å². The Hall–Kier alpha value is -1.91. The molecule has 0 saturated carbocycles. The van der Waals surface area contributed by atoms with Crippen LogP contribution in [0.5, 0.6) is 5.75 Å². The van der Waals surface area contributed by atoms with Crippen molar-refractivity contribution in [3.63, 3.8) is 0 Å². The number of anilines is 1. The quantitative estimate of drug-likeness (QED) is 0.735. The van der Waals surface area contributed by atoms with Gasteiger partial charge in [-0.1, -0.05) is 54.1 Å². The number of carbonyl (C=O) groups is 1. The summed E-state index contributed by atoms with van der Waals surface area (Å²) >= 11 is 7.48. The number of hydrogen-bond donors (Lipinski definition) is 1. The zero-order valence-electron chi connectivity index (χ0n) is 12.8. The molecule has 120 valence electrons. The Morgan fingerprint density at radius 1 is 1.26 bits per heavy atom. The lowest BCUT2D eigenvalue weighted by molar-refractivity contribution is -0.113. The number of methoxy groups -OCH3 is 1. The highest BCUT2D eigenvalue weighted by Crippen LogP contribution is 2.27. The highest BCUT2D eigenvalue weighted by molar-refractivity contribution is 8.00. The number of benzene rings is 2. The first-order chi connectivity index (χ1) is 11.2. The number of rotatable bonds is 7. The molecule has 0 aromatic heterocycles. The van der Waals surface area contributed by atoms with Gasteiger partial charge in [0.15, 0.2) is 0 Å². The Morgan fingerprint density at radius 2 is 2.04 bits per heavy atom. The lowest BCUT2D eigenvalue weighted by atomic mass is 10.2. The molecule has 2 rings (SSSR count). The molecule has 0 saturated heterocycles. The number of nitrogens with one attached hydrogen (secondary N) is 1. The average molecular weight is 348 g/mol. The van der Waals surface area contributed by atoms with Crippen molar-refractivity contribution < 1.29 is 9.53 Å². The lowest BCUT2D eigenvalue weighted by Gasteiger charge is -2.10. The van der Waals surface area contributed by atoms with Crippen molar-refractivity contribution in [2.45, 2.75) is 0 Å². The number of amides is 1. The summed E-state index contributed by atoms with van der Waals surface area (Å²) in [7, 11) is 1.56. The van der Waals surface area contributed by atoms with E-state index in [9.17, 15) is 4.79 Å². The van der Waals surface area contributed by atoms with E-state index in [1.165, 1.54) is 0 Å². The summed E-state index contributed by atoms with van der Waals surface area (Å²) in [5.74, 6) is 1.66. The zero-order chi connectivity index (χ0) is 16.5. The summed E-state index contributed by atoms with van der Waals surface area (Å²) in [6.07, 6.45) is 4.10. The van der Waals surface area contributed by atoms with Gasteiger partial charge in [-0.05, 0) is 23.8 Å². The molecule has 0 bridgehead atoms. The van der Waals surface area contributed by atoms with Gasteiger partial charge in [-0.15, -0.1) is 11.8 Å². The van der Waals surface area contributed by atoms with Crippen molar-refractivity contribution in [1.82, 2.24) is 0 Å². The van der Waals surface area contributed by atoms with Gasteiger partial charge in [-0.3, -0.25) is 4.79 Å². The molecule has 0 radical (unpaired) electrons. The third kappa shape index (κ3) is 6.00. The topological polar surface area (TPSA) is 38.3 Å². The maximum atomic E-state index is 12.0. The SMILES string of the molecule is COc1ccc(Cl)cc1NC(=O)CSCC=Cc1ccccc1. The van der Waals surface area contributed by atoms with E-state index >= 15 is 0 Å². The maximum absolute atomic E-state index is 12.0. The molecular weight excluding hydrogens is 330 g/mol. The summed E-state index contributed by atoms with van der Waals surface area (Å²) in [6, 6.07) is 15.2. The second-order valence-corrected chi connectivity index (χ2v) is 6.19. The average Bonchev–Trinajstić information content (AvgIpc) is 2.56. The van der Waals surface area contributed by atoms with Gasteiger partial charge in [-0.2, -0.15) is 0 Å². The van der Waals surface area contributed by atoms with E-state index in [2.05, 4.69) is 5.32 Å². The molecule has 3 nitrogen and oxygen atoms in total. The maximum Gasteiger partial charge on any atom is 0.234 e. The highest BCUT2D eigenvalue weighted by atomic mass is 35.5. The van der Waals surface area contributed by atoms with E-state index in [4.69, 9.17) is 16.3 Å². The van der Waals surface area contributed by atoms with Crippen molar-refractivity contribution >= 4 is 41.0 Å². The number of hydrogen-bond acceptors (Lipinski definition) is 3. The summed E-state index contributed by atoms with van der Waals surface area (Å²) < 4.78 is 5.20. The number of carbonyl (C=O) groups excluding carboxylic acids is 1. The minimum Gasteiger partial charge on any atom is -0.495 e. The third-order valence-electron chi connectivity index (χ3n) is 2.99. The Labute approximate surface area is 145 Å². The normalized spacial score (nSPS) is 10.7. The Morgan fingerprint density at radius 3 is 2.78 bits per heavy atom. The predicted octanol–water partition coefficient (Wildman–Crippen LogP) is 4.73. The van der Waals surface area contributed by atoms with Gasteiger partial charge in [0.05, 0.1) is 18.6 Å². The van der Waals surface area contributed by atoms with Crippen LogP contribution in [0.3, 0.4) is 0 Å². The van der Waals surface area contributed by atoms with E-state index < -0.39 is 0 Å². The second-order valence-electron chi connectivity index (χ2n) is 4.72. The first-order valence-electron chi connectivity index (χ1n) is 7.12. The molecule has 0 fully saturated rings. The molecule has 1 amide bonds. The van der Waals surface area contributed by atoms with Crippen LogP contribution in [0.4, 0.5) is 5.69 Å². The van der Waals surface area contributed by atoms with Crippen molar-refractivity contribution in [3.05, 3.63) is 65.2 Å². The van der Waals surface area contributed by atoms with Crippen LogP contribution in [0.15, 0.2) is 54.6 Å². The van der Waals surface area contributed by atoms with E-state index in [1.54, 1.807) is 37.1 Å². The van der Waals surface area contributed by atoms with Gasteiger partial charge in [0, 0.05) is 10.8 Å². The van der Waals surface area contributed by atoms with Gasteiger partial charge in [-0.25, -0.2) is 0 Å². The molecule has 5 heteroatoms. The monoisotopic (exact) mass is 347 g/mol. The van der Waals surface area contributed by atoms with Crippen LogP contribution in [0.1, 0.15) is 5.56 Å². The third-order valence-corrected chi connectivity index (χ3v) is 4.12. The molecule has 1 N–H and O–H groups in total. The fourth-order valence-corrected chi connectivity index (χ4v) is 2.71. The minimum absolute atomic E-state index is 0.0799. The molecule has 0 aliphatic carbocycles. The standard InChI is InChI=1S/C18H18ClNO2S/c1-22-17-10-9-15(19)12-16(17)20-18(21)13-23-11-5-8-14-6-3-2-4-7-14/h2-10,12H,11,13H2,1H3,(H,20,21). The summed E-state index contributed by atoms with van der Waals surface area (Å²) in [5, 5.41) is 3.37. The van der Waals surface area contributed by atoms with Crippen molar-refractivity contribution in [2.75, 3.05) is 23.9 Å². The van der Waals surface area contributed by atoms with Gasteiger partial charge < -0.3 is 10.1 Å². The molecule has 0 unspecified atom stereocenters. The predicted molar refractivity (Wildman–Crippen MR) is 99.4 cm³/mol. The van der Waals surface area contributed by atoms with Crippen LogP contribution >= 0.6 is 23.4 Å². The van der Waals surface area contributed by atoms with Gasteiger partial charge >= 0.3 is 0 Å². The molecule has 0 spiro atoms. The molecule has 0 aliphatic rings. The van der Waals surface area contributed by atoms with Gasteiger partial charge in [0.2, 0.25) is 5.91 Å². The highest BCUT2D eigenvalue weighted by Gasteiger charge is 2.08. The van der Waals surface area contributed by atoms with E-state index in [0.29, 0.717) is 22.2 Å². The molecular formula is C18H18ClNO2S. The van der Waals surface area contributed by atoms with Crippen LogP contribution < -0.4 is 10.1 Å². The fourth-order valence-electron chi connectivity index (χ4n) is 1.93. The molecule has 0 aliphatic heterocycles. The van der Waals surface area contributed by atoms with Crippen molar-refractivity contribution in [3.8, 4) is 5.75 Å².